The van der Waals surface area contributed by atoms with E-state index in [1.165, 1.54) is 83.5 Å². The van der Waals surface area contributed by atoms with Gasteiger partial charge >= 0.3 is 114 Å². The molecule has 0 aromatic rings. The molecule has 1 unspecified atom stereocenters. The van der Waals surface area contributed by atoms with Crippen molar-refractivity contribution in [3.05, 3.63) is 0 Å². The first-order valence-corrected chi connectivity index (χ1v) is 20.1. The molecule has 0 fully saturated rings. The van der Waals surface area contributed by atoms with Gasteiger partial charge in [0, 0.05) is 0 Å². The molecule has 28 heavy (non-hydrogen) atoms. The van der Waals surface area contributed by atoms with Crippen LogP contribution >= 0.6 is 7.82 Å². The van der Waals surface area contributed by atoms with Crippen LogP contribution in [0.25, 0.3) is 0 Å². The third-order valence-corrected chi connectivity index (χ3v) is 9.23. The van der Waals surface area contributed by atoms with Crippen LogP contribution in [0.3, 0.4) is 0 Å². The molecule has 0 aliphatic rings. The Kier molecular flexibility index (Phi) is 18.9. The van der Waals surface area contributed by atoms with Gasteiger partial charge in [0.2, 0.25) is 0 Å². The number of phosphoric ester groups is 1. The third-order valence-electron chi connectivity index (χ3n) is 5.02. The molecule has 0 amide bonds. The van der Waals surface area contributed by atoms with Crippen LogP contribution in [0.1, 0.15) is 103 Å². The molecule has 4 nitrogen and oxygen atoms in total. The normalized spacial score (nSPS) is 14.3. The molecule has 6 heteroatoms. The Balaban J connectivity index is 3.29. The predicted octanol–water partition coefficient (Wildman–Crippen LogP) is 8.33. The predicted molar refractivity (Wildman–Crippen MR) is 125 cm³/mol. The number of phosphoric acid groups is 1. The second-order valence-electron chi connectivity index (χ2n) is 9.10. The molecule has 0 rings (SSSR count). The first kappa shape index (κ1) is 28.7. The molecule has 0 saturated carbocycles. The molecule has 0 aromatic carbocycles. The standard InChI is InChI=1S/C22H48AsO4P/c1-5-6-7-8-9-10-11-12-13-14-15-16-17-18-19-21-26-28(24,25)27-22-20-23(2,3)4/h5-22H2,1-4H3/p+1. The van der Waals surface area contributed by atoms with Gasteiger partial charge in [0.15, 0.2) is 0 Å². The van der Waals surface area contributed by atoms with E-state index in [0.717, 1.165) is 18.1 Å². The molecule has 0 aliphatic heterocycles. The van der Waals surface area contributed by atoms with E-state index in [9.17, 15) is 9.46 Å². The third kappa shape index (κ3) is 23.0. The van der Waals surface area contributed by atoms with Crippen molar-refractivity contribution >= 4 is 21.4 Å². The molecule has 170 valence electrons. The van der Waals surface area contributed by atoms with Gasteiger partial charge in [0.1, 0.15) is 0 Å². The Morgan fingerprint density at radius 3 is 1.39 bits per heavy atom. The molecule has 0 aliphatic carbocycles. The molecule has 0 radical (unpaired) electrons. The number of hydrogen-bond acceptors (Lipinski definition) is 3. The number of rotatable bonds is 21. The van der Waals surface area contributed by atoms with Crippen molar-refractivity contribution in [3.63, 3.8) is 0 Å². The summed E-state index contributed by atoms with van der Waals surface area (Å²) >= 11 is -1.56. The zero-order chi connectivity index (χ0) is 21.1. The van der Waals surface area contributed by atoms with Crippen LogP contribution < -0.4 is 0 Å². The maximum atomic E-state index is 11.8. The Morgan fingerprint density at radius 1 is 0.643 bits per heavy atom. The summed E-state index contributed by atoms with van der Waals surface area (Å²) in [6.45, 7) is 2.93. The van der Waals surface area contributed by atoms with Crippen LogP contribution in [0.2, 0.25) is 22.3 Å². The Hall–Kier alpha value is 0.668. The van der Waals surface area contributed by atoms with Gasteiger partial charge in [-0.2, -0.15) is 0 Å². The second-order valence-corrected chi connectivity index (χ2v) is 21.1. The van der Waals surface area contributed by atoms with Gasteiger partial charge in [-0.05, 0) is 0 Å². The van der Waals surface area contributed by atoms with Gasteiger partial charge in [-0.3, -0.25) is 0 Å². The van der Waals surface area contributed by atoms with Crippen molar-refractivity contribution in [2.75, 3.05) is 13.2 Å². The average Bonchev–Trinajstić information content (AvgIpc) is 2.60. The summed E-state index contributed by atoms with van der Waals surface area (Å²) < 4.78 is 21.9. The van der Waals surface area contributed by atoms with Crippen LogP contribution in [0, 0.1) is 0 Å². The summed E-state index contributed by atoms with van der Waals surface area (Å²) in [5, 5.41) is 0.908. The molecule has 0 aromatic heterocycles. The van der Waals surface area contributed by atoms with E-state index < -0.39 is 21.4 Å². The SMILES string of the molecule is CCCCCCCCCCCCCCCCCOP(=O)(O)OCC[As+](C)(C)C. The fraction of sp³-hybridized carbons (Fsp3) is 1.00. The van der Waals surface area contributed by atoms with Crippen LogP contribution in [-0.2, 0) is 13.6 Å². The zero-order valence-corrected chi connectivity index (χ0v) is 22.1. The molecule has 0 bridgehead atoms. The van der Waals surface area contributed by atoms with Crippen molar-refractivity contribution in [2.24, 2.45) is 0 Å². The Bertz CT molecular complexity index is 385. The van der Waals surface area contributed by atoms with Crippen molar-refractivity contribution in [2.45, 2.75) is 126 Å². The Labute approximate surface area is 178 Å². The molecule has 1 N–H and O–H groups in total. The Morgan fingerprint density at radius 2 is 1.00 bits per heavy atom. The van der Waals surface area contributed by atoms with E-state index in [0.29, 0.717) is 13.2 Å². The van der Waals surface area contributed by atoms with Gasteiger partial charge in [-0.1, -0.05) is 64.7 Å². The van der Waals surface area contributed by atoms with Gasteiger partial charge in [0.05, 0.1) is 0 Å². The zero-order valence-electron chi connectivity index (χ0n) is 19.3. The minimum absolute atomic E-state index is 0.321. The summed E-state index contributed by atoms with van der Waals surface area (Å²) in [4.78, 5) is 9.66. The molecule has 0 spiro atoms. The molecular weight excluding hydrogens is 434 g/mol. The van der Waals surface area contributed by atoms with Gasteiger partial charge in [-0.15, -0.1) is 0 Å². The van der Waals surface area contributed by atoms with Crippen LogP contribution in [0.15, 0.2) is 0 Å². The number of hydrogen-bond donors (Lipinski definition) is 1. The first-order valence-electron chi connectivity index (χ1n) is 11.7. The summed E-state index contributed by atoms with van der Waals surface area (Å²) in [5.74, 6) is 0. The summed E-state index contributed by atoms with van der Waals surface area (Å²) in [5.41, 5.74) is 6.75. The van der Waals surface area contributed by atoms with Crippen LogP contribution in [0.5, 0.6) is 0 Å². The minimum atomic E-state index is -3.84. The van der Waals surface area contributed by atoms with E-state index in [-0.39, 0.29) is 0 Å². The monoisotopic (exact) mass is 483 g/mol. The van der Waals surface area contributed by atoms with Gasteiger partial charge in [-0.25, -0.2) is 0 Å². The molecule has 1 atom stereocenters. The first-order chi connectivity index (χ1) is 13.3. The van der Waals surface area contributed by atoms with E-state index in [2.05, 4.69) is 24.1 Å². The molecule has 0 saturated heterocycles. The van der Waals surface area contributed by atoms with Gasteiger partial charge < -0.3 is 0 Å². The fourth-order valence-electron chi connectivity index (χ4n) is 3.12. The van der Waals surface area contributed by atoms with E-state index >= 15 is 0 Å². The van der Waals surface area contributed by atoms with Crippen LogP contribution in [-0.4, -0.2) is 31.7 Å². The summed E-state index contributed by atoms with van der Waals surface area (Å²) in [6.07, 6.45) is 19.6. The summed E-state index contributed by atoms with van der Waals surface area (Å²) in [6, 6.07) is 0. The summed E-state index contributed by atoms with van der Waals surface area (Å²) in [7, 11) is -3.84. The number of unbranched alkanes of at least 4 members (excludes halogenated alkanes) is 14. The molecule has 0 heterocycles. The molecular formula is C22H49AsO4P+. The van der Waals surface area contributed by atoms with E-state index in [1.807, 2.05) is 0 Å². The van der Waals surface area contributed by atoms with Crippen molar-refractivity contribution in [3.8, 4) is 0 Å². The average molecular weight is 484 g/mol. The van der Waals surface area contributed by atoms with Crippen LogP contribution in [0.4, 0.5) is 0 Å². The topological polar surface area (TPSA) is 55.8 Å². The van der Waals surface area contributed by atoms with Crippen molar-refractivity contribution < 1.29 is 18.5 Å². The van der Waals surface area contributed by atoms with Crippen molar-refractivity contribution in [1.82, 2.24) is 0 Å². The second kappa shape index (κ2) is 18.4. The van der Waals surface area contributed by atoms with E-state index in [4.69, 9.17) is 9.05 Å². The maximum absolute atomic E-state index is 11.8. The van der Waals surface area contributed by atoms with Gasteiger partial charge in [0.25, 0.3) is 0 Å². The quantitative estimate of drug-likeness (QED) is 0.101. The van der Waals surface area contributed by atoms with Crippen molar-refractivity contribution in [1.29, 1.82) is 0 Å². The fourth-order valence-corrected chi connectivity index (χ4v) is 5.53. The van der Waals surface area contributed by atoms with E-state index in [1.54, 1.807) is 0 Å².